The van der Waals surface area contributed by atoms with Crippen LogP contribution in [0.15, 0.2) is 48.7 Å². The smallest absolute Gasteiger partial charge is 0.410 e. The molecule has 20 heteroatoms. The van der Waals surface area contributed by atoms with Gasteiger partial charge in [0.15, 0.2) is 12.1 Å². The van der Waals surface area contributed by atoms with Gasteiger partial charge in [-0.05, 0) is 99.2 Å². The van der Waals surface area contributed by atoms with E-state index in [9.17, 15) is 19.2 Å². The van der Waals surface area contributed by atoms with Crippen molar-refractivity contribution in [1.82, 2.24) is 53.5 Å². The highest BCUT2D eigenvalue weighted by Crippen LogP contribution is 2.33. The number of imidazole rings is 1. The summed E-state index contributed by atoms with van der Waals surface area (Å²) in [6.07, 6.45) is 6.36. The first-order chi connectivity index (χ1) is 33.5. The number of amides is 3. The minimum absolute atomic E-state index is 0.164. The number of hydrogen-bond donors (Lipinski definition) is 3. The van der Waals surface area contributed by atoms with Gasteiger partial charge in [-0.25, -0.2) is 24.7 Å². The Morgan fingerprint density at radius 2 is 1.47 bits per heavy atom. The molecule has 0 aliphatic rings. The number of ether oxygens (including phenoxy) is 2. The number of carbonyl (C=O) groups excluding carboxylic acids is 4. The second-order valence-corrected chi connectivity index (χ2v) is 16.4. The quantitative estimate of drug-likeness (QED) is 0.0472. The molecule has 5 N–H and O–H groups in total. The number of pyridine rings is 1. The van der Waals surface area contributed by atoms with Crippen molar-refractivity contribution in [2.24, 2.45) is 11.5 Å². The van der Waals surface area contributed by atoms with Crippen molar-refractivity contribution in [3.05, 3.63) is 82.7 Å². The van der Waals surface area contributed by atoms with Gasteiger partial charge < -0.3 is 35.0 Å². The summed E-state index contributed by atoms with van der Waals surface area (Å²) in [6.45, 7) is 25.1. The molecule has 376 valence electrons. The van der Waals surface area contributed by atoms with E-state index in [1.165, 1.54) is 11.9 Å². The van der Waals surface area contributed by atoms with Crippen LogP contribution in [-0.4, -0.2) is 111 Å². The largest absolute Gasteiger partial charge is 0.491 e. The van der Waals surface area contributed by atoms with Crippen molar-refractivity contribution < 1.29 is 28.7 Å². The number of primary amides is 1. The van der Waals surface area contributed by atoms with Crippen LogP contribution in [-0.2, 0) is 30.9 Å². The summed E-state index contributed by atoms with van der Waals surface area (Å²) in [5.41, 5.74) is 15.7. The number of nitrogens with two attached hydrogens (primary N) is 2. The molecule has 0 bridgehead atoms. The highest BCUT2D eigenvalue weighted by molar-refractivity contribution is 6.08. The Labute approximate surface area is 409 Å². The van der Waals surface area contributed by atoms with Gasteiger partial charge in [0.25, 0.3) is 5.91 Å². The molecule has 6 heterocycles. The molecule has 0 radical (unpaired) electrons. The number of rotatable bonds is 16. The van der Waals surface area contributed by atoms with E-state index in [0.717, 1.165) is 34.0 Å². The predicted octanol–water partition coefficient (Wildman–Crippen LogP) is 8.04. The van der Waals surface area contributed by atoms with Crippen LogP contribution in [0.4, 0.5) is 10.7 Å². The number of anilines is 1. The Balaban J connectivity index is 0.00000171. The van der Waals surface area contributed by atoms with Crippen molar-refractivity contribution in [1.29, 1.82) is 0 Å². The van der Waals surface area contributed by atoms with Crippen LogP contribution in [0.2, 0.25) is 0 Å². The Morgan fingerprint density at radius 3 is 2.10 bits per heavy atom. The maximum absolute atomic E-state index is 13.9. The number of fused-ring (bicyclic) bond motifs is 4. The number of benzene rings is 1. The number of nitrogens with zero attached hydrogens (tertiary/aromatic N) is 11. The second kappa shape index (κ2) is 24.7. The fourth-order valence-electron chi connectivity index (χ4n) is 7.60. The first-order valence-corrected chi connectivity index (χ1v) is 23.7. The van der Waals surface area contributed by atoms with Gasteiger partial charge in [0, 0.05) is 62.3 Å². The minimum Gasteiger partial charge on any atom is -0.491 e. The summed E-state index contributed by atoms with van der Waals surface area (Å²) in [6, 6.07) is 8.51. The summed E-state index contributed by atoms with van der Waals surface area (Å²) in [7, 11) is 3.15. The fourth-order valence-corrected chi connectivity index (χ4v) is 7.60. The molecular formula is C50H70N14O6. The molecule has 7 aromatic rings. The summed E-state index contributed by atoms with van der Waals surface area (Å²) >= 11 is 0. The van der Waals surface area contributed by atoms with Crippen LogP contribution >= 0.6 is 0 Å². The third-order valence-electron chi connectivity index (χ3n) is 10.4. The van der Waals surface area contributed by atoms with Crippen molar-refractivity contribution in [3.63, 3.8) is 0 Å². The molecule has 0 saturated carbocycles. The maximum Gasteiger partial charge on any atom is 0.410 e. The highest BCUT2D eigenvalue weighted by atomic mass is 16.6. The van der Waals surface area contributed by atoms with E-state index in [1.807, 2.05) is 89.8 Å². The number of allylic oxidation sites excluding steroid dienone is 2. The summed E-state index contributed by atoms with van der Waals surface area (Å²) in [5.74, 6) is -0.0998. The Morgan fingerprint density at radius 1 is 0.829 bits per heavy atom. The molecule has 0 unspecified atom stereocenters. The molecule has 3 amide bonds. The molecule has 0 aliphatic heterocycles. The average molecular weight is 963 g/mol. The van der Waals surface area contributed by atoms with Crippen LogP contribution in [0.5, 0.6) is 5.75 Å². The lowest BCUT2D eigenvalue weighted by molar-refractivity contribution is 0.0291. The van der Waals surface area contributed by atoms with Gasteiger partial charge in [0.1, 0.15) is 39.6 Å². The van der Waals surface area contributed by atoms with E-state index in [4.69, 9.17) is 30.2 Å². The Hall–Kier alpha value is -7.48. The normalized spacial score (nSPS) is 11.1. The maximum atomic E-state index is 13.9. The third-order valence-corrected chi connectivity index (χ3v) is 10.4. The molecule has 1 aromatic carbocycles. The average Bonchev–Trinajstić information content (AvgIpc) is 4.11. The molecule has 0 fully saturated rings. The topological polar surface area (TPSA) is 251 Å². The van der Waals surface area contributed by atoms with Crippen molar-refractivity contribution >= 4 is 63.1 Å². The lowest BCUT2D eigenvalue weighted by Crippen LogP contribution is -2.35. The van der Waals surface area contributed by atoms with Crippen LogP contribution in [0.1, 0.15) is 117 Å². The van der Waals surface area contributed by atoms with Gasteiger partial charge in [-0.1, -0.05) is 39.8 Å². The first-order valence-electron chi connectivity index (χ1n) is 23.7. The molecule has 20 nitrogen and oxygen atoms in total. The van der Waals surface area contributed by atoms with Gasteiger partial charge in [-0.2, -0.15) is 10.2 Å². The van der Waals surface area contributed by atoms with E-state index in [1.54, 1.807) is 67.5 Å². The van der Waals surface area contributed by atoms with Crippen LogP contribution < -0.4 is 21.5 Å². The lowest BCUT2D eigenvalue weighted by Gasteiger charge is -2.24. The molecule has 6 aromatic heterocycles. The predicted molar refractivity (Wildman–Crippen MR) is 274 cm³/mol. The summed E-state index contributed by atoms with van der Waals surface area (Å²) in [5, 5.41) is 13.6. The zero-order chi connectivity index (χ0) is 52.0. The van der Waals surface area contributed by atoms with E-state index in [0.29, 0.717) is 83.6 Å². The molecule has 7 rings (SSSR count). The van der Waals surface area contributed by atoms with E-state index in [-0.39, 0.29) is 24.7 Å². The fraction of sp³-hybridized carbons (Fsp3) is 0.440. The summed E-state index contributed by atoms with van der Waals surface area (Å²) < 4.78 is 19.1. The third kappa shape index (κ3) is 12.6. The number of aromatic nitrogens is 10. The second-order valence-electron chi connectivity index (χ2n) is 16.4. The van der Waals surface area contributed by atoms with Crippen LogP contribution in [0.3, 0.4) is 0 Å². The lowest BCUT2D eigenvalue weighted by atomic mass is 10.1. The number of nitrogens with one attached hydrogen (secondary N) is 1. The van der Waals surface area contributed by atoms with Crippen molar-refractivity contribution in [2.45, 2.75) is 121 Å². The van der Waals surface area contributed by atoms with E-state index < -0.39 is 23.5 Å². The number of aryl methyl sites for hydroxylation is 5. The monoisotopic (exact) mass is 963 g/mol. The molecule has 0 atom stereocenters. The van der Waals surface area contributed by atoms with Gasteiger partial charge >= 0.3 is 6.09 Å². The van der Waals surface area contributed by atoms with Crippen molar-refractivity contribution in [3.8, 4) is 17.3 Å². The molecule has 0 spiro atoms. The number of hydrogen-bond acceptors (Lipinski definition) is 13. The van der Waals surface area contributed by atoms with E-state index >= 15 is 0 Å². The minimum atomic E-state index is -0.684. The number of aldehydes is 1. The zero-order valence-corrected chi connectivity index (χ0v) is 43.2. The highest BCUT2D eigenvalue weighted by Gasteiger charge is 2.24. The Bertz CT molecular complexity index is 2970. The zero-order valence-electron chi connectivity index (χ0n) is 43.2. The van der Waals surface area contributed by atoms with Crippen LogP contribution in [0.25, 0.3) is 44.5 Å². The molecule has 70 heavy (non-hydrogen) atoms. The molecular weight excluding hydrogens is 893 g/mol. The van der Waals surface area contributed by atoms with Crippen molar-refractivity contribution in [2.75, 3.05) is 32.6 Å². The van der Waals surface area contributed by atoms with Gasteiger partial charge in [0.05, 0.1) is 34.7 Å². The summed E-state index contributed by atoms with van der Waals surface area (Å²) in [4.78, 5) is 71.6. The molecule has 0 aliphatic carbocycles. The van der Waals surface area contributed by atoms with Crippen LogP contribution in [0, 0.1) is 20.8 Å². The van der Waals surface area contributed by atoms with E-state index in [2.05, 4.69) is 26.2 Å². The SMILES string of the molecule is CC.CC.CCn1nc(C)cc1C(=O)Nc1nc2cc(C(N)=O)cc(OCCCN(C)C(=O)OC(C)(C)C)c2n1C/C=C/Cn1c2nc(-c3cc(C)nn3CC)ncc2c2cc(C=O)nc(C)c21.CN. The standard InChI is InChI=1S/C45H53N13O6.2C2H6.CH5N/c1-10-57-34(19-26(3)52-57)40-47-24-32-31-23-30(25-59)48-28(5)37(31)55(41(32)50-40)16-12-13-17-56-38-33(49-43(56)51-42(61)35-20-27(4)53-58(35)11-2)21-29(39(46)60)22-36(38)63-18-14-15-54(9)44(62)64-45(6,7)8;3*1-2/h12-13,19-25H,10-11,14-18H2,1-9H3,(H2,46,60)(H,49,51,61);2*1-2H3;2H2,1H3/b13-12+;;;. The van der Waals surface area contributed by atoms with Gasteiger partial charge in [-0.15, -0.1) is 0 Å². The van der Waals surface area contributed by atoms with Gasteiger partial charge in [-0.3, -0.25) is 29.1 Å². The molecule has 0 saturated heterocycles. The first kappa shape index (κ1) is 55.1. The van der Waals surface area contributed by atoms with Gasteiger partial charge in [0.2, 0.25) is 11.9 Å². The number of carbonyl (C=O) groups is 4. The Kier molecular flexibility index (Phi) is 19.4.